The van der Waals surface area contributed by atoms with Crippen LogP contribution < -0.4 is 10.1 Å². The molecule has 0 saturated heterocycles. The zero-order valence-electron chi connectivity index (χ0n) is 16.4. The van der Waals surface area contributed by atoms with E-state index < -0.39 is 11.6 Å². The van der Waals surface area contributed by atoms with E-state index in [0.717, 1.165) is 17.7 Å². The molecule has 28 heavy (non-hydrogen) atoms. The summed E-state index contributed by atoms with van der Waals surface area (Å²) in [6.07, 6.45) is 0. The molecule has 0 radical (unpaired) electrons. The lowest BCUT2D eigenvalue weighted by molar-refractivity contribution is -0.122. The van der Waals surface area contributed by atoms with E-state index in [1.165, 1.54) is 6.07 Å². The van der Waals surface area contributed by atoms with Gasteiger partial charge in [0.15, 0.2) is 11.6 Å². The molecule has 5 nitrogen and oxygen atoms in total. The molecular formula is C21H26F2N2O3. The number of rotatable bonds is 10. The highest BCUT2D eigenvalue weighted by atomic mass is 19.2. The maximum Gasteiger partial charge on any atom is 0.234 e. The molecule has 0 fully saturated rings. The number of nitrogens with zero attached hydrogens (tertiary/aromatic N) is 1. The first-order valence-corrected chi connectivity index (χ1v) is 9.03. The van der Waals surface area contributed by atoms with Crippen molar-refractivity contribution in [2.24, 2.45) is 0 Å². The predicted molar refractivity (Wildman–Crippen MR) is 103 cm³/mol. The average Bonchev–Trinajstić information content (AvgIpc) is 2.68. The van der Waals surface area contributed by atoms with Crippen LogP contribution in [0.15, 0.2) is 42.5 Å². The molecule has 0 bridgehead atoms. The average molecular weight is 392 g/mol. The lowest BCUT2D eigenvalue weighted by Gasteiger charge is -2.24. The third-order valence-corrected chi connectivity index (χ3v) is 4.42. The molecule has 1 N–H and O–H groups in total. The summed E-state index contributed by atoms with van der Waals surface area (Å²) in [5.41, 5.74) is 1.52. The Bertz CT molecular complexity index is 786. The number of likely N-dealkylation sites (N-methyl/N-ethyl adjacent to an activating group) is 1. The molecule has 1 atom stereocenters. The maximum absolute atomic E-state index is 13.4. The van der Waals surface area contributed by atoms with Gasteiger partial charge in [0.2, 0.25) is 5.91 Å². The first kappa shape index (κ1) is 21.8. The van der Waals surface area contributed by atoms with Crippen LogP contribution >= 0.6 is 0 Å². The predicted octanol–water partition coefficient (Wildman–Crippen LogP) is 3.30. The second-order valence-electron chi connectivity index (χ2n) is 6.53. The van der Waals surface area contributed by atoms with Gasteiger partial charge in [-0.15, -0.1) is 0 Å². The molecule has 1 amide bonds. The summed E-state index contributed by atoms with van der Waals surface area (Å²) in [7, 11) is 3.37. The first-order chi connectivity index (χ1) is 13.4. The largest absolute Gasteiger partial charge is 0.491 e. The quantitative estimate of drug-likeness (QED) is 0.631. The minimum atomic E-state index is -0.894. The molecule has 0 heterocycles. The fourth-order valence-electron chi connectivity index (χ4n) is 2.63. The number of methoxy groups -OCH3 is 1. The molecule has 0 aliphatic rings. The lowest BCUT2D eigenvalue weighted by atomic mass is 10.1. The Kier molecular flexibility index (Phi) is 8.35. The number of carbonyl (C=O) groups excluding carboxylic acids is 1. The van der Waals surface area contributed by atoms with Gasteiger partial charge in [0, 0.05) is 19.7 Å². The summed E-state index contributed by atoms with van der Waals surface area (Å²) in [6, 6.07) is 11.0. The molecule has 0 spiro atoms. The van der Waals surface area contributed by atoms with Gasteiger partial charge in [-0.1, -0.05) is 18.2 Å². The van der Waals surface area contributed by atoms with Gasteiger partial charge in [-0.05, 0) is 49.4 Å². The molecule has 2 aromatic carbocycles. The zero-order valence-corrected chi connectivity index (χ0v) is 16.4. The Morgan fingerprint density at radius 1 is 1.14 bits per heavy atom. The third-order valence-electron chi connectivity index (χ3n) is 4.42. The monoisotopic (exact) mass is 392 g/mol. The second kappa shape index (κ2) is 10.7. The van der Waals surface area contributed by atoms with Crippen LogP contribution in [0.2, 0.25) is 0 Å². The number of ether oxygens (including phenoxy) is 2. The van der Waals surface area contributed by atoms with Crippen LogP contribution in [0.3, 0.4) is 0 Å². The standard InChI is InChI=1S/C21H26F2N2O3/c1-15(17-7-8-19(22)20(23)12-17)25(2)14-21(26)24-13-16-5-4-6-18(11-16)28-10-9-27-3/h4-8,11-12,15H,9-10,13-14H2,1-3H3,(H,24,26). The molecule has 0 aliphatic heterocycles. The van der Waals surface area contributed by atoms with Crippen molar-refractivity contribution in [3.63, 3.8) is 0 Å². The molecule has 2 aromatic rings. The van der Waals surface area contributed by atoms with Gasteiger partial charge in [-0.2, -0.15) is 0 Å². The number of carbonyl (C=O) groups is 1. The number of hydrogen-bond acceptors (Lipinski definition) is 4. The van der Waals surface area contributed by atoms with E-state index in [2.05, 4.69) is 5.32 Å². The van der Waals surface area contributed by atoms with E-state index in [4.69, 9.17) is 9.47 Å². The minimum absolute atomic E-state index is 0.129. The van der Waals surface area contributed by atoms with Gasteiger partial charge >= 0.3 is 0 Å². The molecular weight excluding hydrogens is 366 g/mol. The van der Waals surface area contributed by atoms with Gasteiger partial charge in [0.1, 0.15) is 12.4 Å². The number of benzene rings is 2. The Morgan fingerprint density at radius 3 is 2.64 bits per heavy atom. The van der Waals surface area contributed by atoms with E-state index in [0.29, 0.717) is 31.1 Å². The normalized spacial score (nSPS) is 12.1. The van der Waals surface area contributed by atoms with Crippen molar-refractivity contribution in [1.82, 2.24) is 10.2 Å². The Labute approximate surface area is 164 Å². The zero-order chi connectivity index (χ0) is 20.5. The van der Waals surface area contributed by atoms with Crippen LogP contribution in [-0.2, 0) is 16.1 Å². The van der Waals surface area contributed by atoms with Crippen molar-refractivity contribution in [3.05, 3.63) is 65.2 Å². The molecule has 152 valence electrons. The fraction of sp³-hybridized carbons (Fsp3) is 0.381. The molecule has 0 aliphatic carbocycles. The summed E-state index contributed by atoms with van der Waals surface area (Å²) in [5.74, 6) is -1.23. The summed E-state index contributed by atoms with van der Waals surface area (Å²) in [4.78, 5) is 14.0. The van der Waals surface area contributed by atoms with E-state index in [9.17, 15) is 13.6 Å². The molecule has 0 saturated carbocycles. The second-order valence-corrected chi connectivity index (χ2v) is 6.53. The maximum atomic E-state index is 13.4. The summed E-state index contributed by atoms with van der Waals surface area (Å²) in [6.45, 7) is 3.29. The van der Waals surface area contributed by atoms with Gasteiger partial charge in [-0.25, -0.2) is 8.78 Å². The van der Waals surface area contributed by atoms with E-state index in [-0.39, 0.29) is 18.5 Å². The number of hydrogen-bond donors (Lipinski definition) is 1. The highest BCUT2D eigenvalue weighted by molar-refractivity contribution is 5.78. The van der Waals surface area contributed by atoms with Crippen molar-refractivity contribution >= 4 is 5.91 Å². The van der Waals surface area contributed by atoms with Crippen LogP contribution in [0.5, 0.6) is 5.75 Å². The van der Waals surface area contributed by atoms with Crippen LogP contribution in [0, 0.1) is 11.6 Å². The third kappa shape index (κ3) is 6.58. The summed E-state index contributed by atoms with van der Waals surface area (Å²) < 4.78 is 37.0. The Morgan fingerprint density at radius 2 is 1.93 bits per heavy atom. The van der Waals surface area contributed by atoms with Crippen molar-refractivity contribution < 1.29 is 23.0 Å². The first-order valence-electron chi connectivity index (χ1n) is 9.03. The van der Waals surface area contributed by atoms with E-state index in [1.54, 1.807) is 19.1 Å². The SMILES string of the molecule is COCCOc1cccc(CNC(=O)CN(C)C(C)c2ccc(F)c(F)c2)c1. The summed E-state index contributed by atoms with van der Waals surface area (Å²) >= 11 is 0. The van der Waals surface area contributed by atoms with Gasteiger partial charge in [0.25, 0.3) is 0 Å². The number of halogens is 2. The highest BCUT2D eigenvalue weighted by Gasteiger charge is 2.16. The van der Waals surface area contributed by atoms with Crippen LogP contribution in [-0.4, -0.2) is 44.7 Å². The van der Waals surface area contributed by atoms with Crippen molar-refractivity contribution in [3.8, 4) is 5.75 Å². The van der Waals surface area contributed by atoms with E-state index >= 15 is 0 Å². The van der Waals surface area contributed by atoms with Crippen LogP contribution in [0.1, 0.15) is 24.1 Å². The smallest absolute Gasteiger partial charge is 0.234 e. The van der Waals surface area contributed by atoms with Crippen molar-refractivity contribution in [2.45, 2.75) is 19.5 Å². The molecule has 2 rings (SSSR count). The molecule has 7 heteroatoms. The Balaban J connectivity index is 1.84. The lowest BCUT2D eigenvalue weighted by Crippen LogP contribution is -2.36. The number of amides is 1. The van der Waals surface area contributed by atoms with E-state index in [1.807, 2.05) is 31.2 Å². The molecule has 0 aromatic heterocycles. The van der Waals surface area contributed by atoms with Gasteiger partial charge < -0.3 is 14.8 Å². The van der Waals surface area contributed by atoms with Gasteiger partial charge in [-0.3, -0.25) is 9.69 Å². The van der Waals surface area contributed by atoms with Gasteiger partial charge in [0.05, 0.1) is 13.2 Å². The molecule has 1 unspecified atom stereocenters. The number of nitrogens with one attached hydrogen (secondary N) is 1. The minimum Gasteiger partial charge on any atom is -0.491 e. The summed E-state index contributed by atoms with van der Waals surface area (Å²) in [5, 5.41) is 2.86. The Hall–Kier alpha value is -2.51. The van der Waals surface area contributed by atoms with Crippen molar-refractivity contribution in [2.75, 3.05) is 33.9 Å². The topological polar surface area (TPSA) is 50.8 Å². The van der Waals surface area contributed by atoms with Crippen LogP contribution in [0.4, 0.5) is 8.78 Å². The van der Waals surface area contributed by atoms with Crippen LogP contribution in [0.25, 0.3) is 0 Å². The fourth-order valence-corrected chi connectivity index (χ4v) is 2.63. The highest BCUT2D eigenvalue weighted by Crippen LogP contribution is 2.20. The van der Waals surface area contributed by atoms with Crippen molar-refractivity contribution in [1.29, 1.82) is 0 Å².